The zero-order valence-corrected chi connectivity index (χ0v) is 21.5. The Labute approximate surface area is 215 Å². The van der Waals surface area contributed by atoms with Crippen molar-refractivity contribution in [1.29, 1.82) is 5.26 Å². The molecule has 4 nitrogen and oxygen atoms in total. The molecule has 2 aromatic heterocycles. The molecule has 36 heavy (non-hydrogen) atoms. The molecule has 0 atom stereocenters. The fourth-order valence-corrected chi connectivity index (χ4v) is 4.61. The first kappa shape index (κ1) is 26.8. The van der Waals surface area contributed by atoms with Gasteiger partial charge >= 0.3 is 0 Å². The van der Waals surface area contributed by atoms with Gasteiger partial charge in [-0.15, -0.1) is 0 Å². The summed E-state index contributed by atoms with van der Waals surface area (Å²) in [5, 5.41) is 11.1. The Morgan fingerprint density at radius 3 is 1.78 bits per heavy atom. The van der Waals surface area contributed by atoms with Crippen LogP contribution in [0.1, 0.15) is 50.7 Å². The van der Waals surface area contributed by atoms with E-state index < -0.39 is 0 Å². The Balaban J connectivity index is 0.000000202. The molecule has 0 radical (unpaired) electrons. The number of pyridine rings is 2. The monoisotopic (exact) mass is 502 g/mol. The van der Waals surface area contributed by atoms with Crippen molar-refractivity contribution >= 4 is 17.4 Å². The molecule has 0 aliphatic carbocycles. The van der Waals surface area contributed by atoms with Crippen molar-refractivity contribution in [3.63, 3.8) is 0 Å². The molecule has 4 aromatic rings. The standard InChI is InChI=1S/C15H13FN2S.C14H15FN2/c1-10(2)13-6-12(16)7-14(15(13)19-9-17)11-4-3-5-18-8-11;1-9(2)12-6-11(15)7-13(14(12)16)10-4-3-5-17-8-10/h3-8,10H,1-2H3;3-9H,16H2,1-2H3. The van der Waals surface area contributed by atoms with Crippen molar-refractivity contribution < 1.29 is 8.78 Å². The van der Waals surface area contributed by atoms with E-state index in [2.05, 4.69) is 15.4 Å². The Morgan fingerprint density at radius 2 is 1.31 bits per heavy atom. The number of nitrogens with zero attached hydrogens (tertiary/aromatic N) is 3. The molecule has 2 aromatic carbocycles. The van der Waals surface area contributed by atoms with Gasteiger partial charge in [0.2, 0.25) is 0 Å². The maximum absolute atomic E-state index is 13.8. The van der Waals surface area contributed by atoms with Crippen LogP contribution in [-0.4, -0.2) is 9.97 Å². The Kier molecular flexibility index (Phi) is 9.15. The fraction of sp³-hybridized carbons (Fsp3) is 0.207. The van der Waals surface area contributed by atoms with E-state index in [0.29, 0.717) is 11.3 Å². The van der Waals surface area contributed by atoms with Gasteiger partial charge in [0.1, 0.15) is 17.0 Å². The van der Waals surface area contributed by atoms with E-state index >= 15 is 0 Å². The van der Waals surface area contributed by atoms with E-state index in [1.54, 1.807) is 30.9 Å². The lowest BCUT2D eigenvalue weighted by atomic mass is 9.95. The number of thiocyanates is 1. The van der Waals surface area contributed by atoms with Crippen molar-refractivity contribution in [2.24, 2.45) is 0 Å². The van der Waals surface area contributed by atoms with Crippen molar-refractivity contribution in [3.05, 3.63) is 96.1 Å². The maximum atomic E-state index is 13.8. The first-order valence-electron chi connectivity index (χ1n) is 11.5. The number of nitriles is 1. The van der Waals surface area contributed by atoms with Crippen LogP contribution in [-0.2, 0) is 0 Å². The van der Waals surface area contributed by atoms with Gasteiger partial charge in [0.05, 0.1) is 0 Å². The summed E-state index contributed by atoms with van der Waals surface area (Å²) >= 11 is 1.07. The molecule has 7 heteroatoms. The van der Waals surface area contributed by atoms with Crippen LogP contribution < -0.4 is 5.73 Å². The van der Waals surface area contributed by atoms with Crippen LogP contribution in [0.2, 0.25) is 0 Å². The lowest BCUT2D eigenvalue weighted by molar-refractivity contribution is 0.621. The van der Waals surface area contributed by atoms with Gasteiger partial charge < -0.3 is 5.73 Å². The summed E-state index contributed by atoms with van der Waals surface area (Å²) in [6.07, 6.45) is 6.72. The molecule has 0 saturated carbocycles. The van der Waals surface area contributed by atoms with Gasteiger partial charge in [0, 0.05) is 57.6 Å². The SMILES string of the molecule is CC(C)c1cc(F)cc(-c2cccnc2)c1N.CC(C)c1cc(F)cc(-c2cccnc2)c1SC#N. The summed E-state index contributed by atoms with van der Waals surface area (Å²) in [4.78, 5) is 8.89. The summed E-state index contributed by atoms with van der Waals surface area (Å²) < 4.78 is 27.4. The molecule has 2 heterocycles. The number of aromatic nitrogens is 2. The summed E-state index contributed by atoms with van der Waals surface area (Å²) in [7, 11) is 0. The Morgan fingerprint density at radius 1 is 0.806 bits per heavy atom. The normalized spacial score (nSPS) is 10.6. The summed E-state index contributed by atoms with van der Waals surface area (Å²) in [6, 6.07) is 13.3. The minimum atomic E-state index is -0.287. The average molecular weight is 503 g/mol. The molecule has 0 bridgehead atoms. The predicted molar refractivity (Wildman–Crippen MR) is 143 cm³/mol. The van der Waals surface area contributed by atoms with Gasteiger partial charge in [0.25, 0.3) is 0 Å². The molecule has 0 spiro atoms. The van der Waals surface area contributed by atoms with E-state index in [1.807, 2.05) is 45.9 Å². The zero-order chi connectivity index (χ0) is 26.2. The third kappa shape index (κ3) is 6.46. The predicted octanol–water partition coefficient (Wildman–Crippen LogP) is 8.18. The molecule has 0 unspecified atom stereocenters. The molecular formula is C29H28F2N4S. The lowest BCUT2D eigenvalue weighted by Crippen LogP contribution is -2.00. The van der Waals surface area contributed by atoms with Gasteiger partial charge in [0.15, 0.2) is 0 Å². The highest BCUT2D eigenvalue weighted by Crippen LogP contribution is 2.38. The average Bonchev–Trinajstić information content (AvgIpc) is 2.87. The quantitative estimate of drug-likeness (QED) is 0.169. The number of halogens is 2. The molecule has 0 aliphatic heterocycles. The van der Waals surface area contributed by atoms with Crippen LogP contribution >= 0.6 is 11.8 Å². The minimum absolute atomic E-state index is 0.155. The summed E-state index contributed by atoms with van der Waals surface area (Å²) in [5.74, 6) is -0.199. The van der Waals surface area contributed by atoms with Crippen molar-refractivity contribution in [2.75, 3.05) is 5.73 Å². The largest absolute Gasteiger partial charge is 0.398 e. The van der Waals surface area contributed by atoms with Gasteiger partial charge in [-0.05, 0) is 71.1 Å². The molecule has 2 N–H and O–H groups in total. The number of hydrogen-bond acceptors (Lipinski definition) is 5. The van der Waals surface area contributed by atoms with Crippen LogP contribution in [0.25, 0.3) is 22.3 Å². The smallest absolute Gasteiger partial charge is 0.138 e. The first-order chi connectivity index (χ1) is 17.2. The molecule has 4 rings (SSSR count). The second-order valence-electron chi connectivity index (χ2n) is 8.81. The number of rotatable bonds is 5. The molecule has 0 saturated heterocycles. The number of nitrogens with two attached hydrogens (primary N) is 1. The van der Waals surface area contributed by atoms with Crippen LogP contribution in [0.15, 0.2) is 78.2 Å². The summed E-state index contributed by atoms with van der Waals surface area (Å²) in [6.45, 7) is 7.97. The van der Waals surface area contributed by atoms with E-state index in [9.17, 15) is 8.78 Å². The third-order valence-electron chi connectivity index (χ3n) is 5.60. The second-order valence-corrected chi connectivity index (χ2v) is 9.61. The van der Waals surface area contributed by atoms with E-state index in [1.165, 1.54) is 24.3 Å². The zero-order valence-electron chi connectivity index (χ0n) is 20.7. The van der Waals surface area contributed by atoms with E-state index in [-0.39, 0.29) is 23.5 Å². The lowest BCUT2D eigenvalue weighted by Gasteiger charge is -2.15. The molecule has 0 aliphatic rings. The topological polar surface area (TPSA) is 75.6 Å². The Bertz CT molecular complexity index is 1350. The maximum Gasteiger partial charge on any atom is 0.138 e. The second kappa shape index (κ2) is 12.3. The highest BCUT2D eigenvalue weighted by molar-refractivity contribution is 8.03. The van der Waals surface area contributed by atoms with Gasteiger partial charge in [-0.1, -0.05) is 39.8 Å². The van der Waals surface area contributed by atoms with Gasteiger partial charge in [-0.2, -0.15) is 5.26 Å². The number of anilines is 1. The Hall–Kier alpha value is -3.76. The van der Waals surface area contributed by atoms with Crippen LogP contribution in [0.3, 0.4) is 0 Å². The number of nitrogen functional groups attached to an aromatic ring is 1. The number of hydrogen-bond donors (Lipinski definition) is 1. The first-order valence-corrected chi connectivity index (χ1v) is 12.3. The van der Waals surface area contributed by atoms with Crippen molar-refractivity contribution in [2.45, 2.75) is 44.4 Å². The highest BCUT2D eigenvalue weighted by Gasteiger charge is 2.16. The van der Waals surface area contributed by atoms with Crippen LogP contribution in [0.5, 0.6) is 0 Å². The number of benzene rings is 2. The van der Waals surface area contributed by atoms with Gasteiger partial charge in [-0.3, -0.25) is 9.97 Å². The highest BCUT2D eigenvalue weighted by atomic mass is 32.2. The molecular weight excluding hydrogens is 474 g/mol. The van der Waals surface area contributed by atoms with Crippen molar-refractivity contribution in [1.82, 2.24) is 9.97 Å². The van der Waals surface area contributed by atoms with Crippen LogP contribution in [0, 0.1) is 22.3 Å². The fourth-order valence-electron chi connectivity index (χ4n) is 3.82. The number of thioether (sulfide) groups is 1. The van der Waals surface area contributed by atoms with E-state index in [4.69, 9.17) is 11.0 Å². The van der Waals surface area contributed by atoms with E-state index in [0.717, 1.165) is 44.5 Å². The molecule has 184 valence electrons. The molecule has 0 fully saturated rings. The minimum Gasteiger partial charge on any atom is -0.398 e. The summed E-state index contributed by atoms with van der Waals surface area (Å²) in [5.41, 5.74) is 11.5. The third-order valence-corrected chi connectivity index (χ3v) is 6.35. The van der Waals surface area contributed by atoms with Gasteiger partial charge in [-0.25, -0.2) is 8.78 Å². The van der Waals surface area contributed by atoms with Crippen LogP contribution in [0.4, 0.5) is 14.5 Å². The van der Waals surface area contributed by atoms with Crippen molar-refractivity contribution in [3.8, 4) is 27.7 Å². The molecule has 0 amide bonds.